The highest BCUT2D eigenvalue weighted by atomic mass is 16.6. The third kappa shape index (κ3) is 12.1. The molecule has 12 atom stereocenters. The molecule has 5 aromatic heterocycles. The monoisotopic (exact) mass is 996 g/mol. The van der Waals surface area contributed by atoms with E-state index in [0.717, 1.165) is 18.4 Å². The van der Waals surface area contributed by atoms with Gasteiger partial charge in [0.25, 0.3) is 16.9 Å². The lowest BCUT2D eigenvalue weighted by Crippen LogP contribution is -2.31. The van der Waals surface area contributed by atoms with Gasteiger partial charge in [-0.3, -0.25) is 44.0 Å². The number of aromatic nitrogens is 7. The third-order valence-electron chi connectivity index (χ3n) is 13.4. The van der Waals surface area contributed by atoms with Gasteiger partial charge in [0.1, 0.15) is 30.6 Å². The average molecular weight is 997 g/mol. The van der Waals surface area contributed by atoms with Gasteiger partial charge < -0.3 is 48.5 Å². The summed E-state index contributed by atoms with van der Waals surface area (Å²) in [6.45, 7) is 8.40. The zero-order chi connectivity index (χ0) is 51.1. The molecule has 0 spiro atoms. The van der Waals surface area contributed by atoms with Crippen LogP contribution in [-0.2, 0) is 30.2 Å². The molecule has 10 rings (SSSR count). The number of anilines is 1. The molecule has 0 aliphatic carbocycles. The highest BCUT2D eigenvalue weighted by Crippen LogP contribution is 2.37. The fourth-order valence-corrected chi connectivity index (χ4v) is 9.11. The third-order valence-corrected chi connectivity index (χ3v) is 13.4. The van der Waals surface area contributed by atoms with E-state index < -0.39 is 27.3 Å². The summed E-state index contributed by atoms with van der Waals surface area (Å²) in [5, 5.41) is 58.6. The van der Waals surface area contributed by atoms with Crippen molar-refractivity contribution in [2.45, 2.75) is 109 Å². The number of nitro groups is 2. The molecule has 0 bridgehead atoms. The number of aliphatic hydroxyl groups is 4. The van der Waals surface area contributed by atoms with Crippen LogP contribution >= 0.6 is 0 Å². The number of pyridine rings is 1. The summed E-state index contributed by atoms with van der Waals surface area (Å²) in [4.78, 5) is 70.5. The summed E-state index contributed by atoms with van der Waals surface area (Å²) >= 11 is 0. The summed E-state index contributed by atoms with van der Waals surface area (Å²) < 4.78 is 28.9. The van der Waals surface area contributed by atoms with Crippen molar-refractivity contribution < 1.29 is 54.1 Å². The molecule has 4 fully saturated rings. The number of hydrogen-bond acceptors (Lipinski definition) is 19. The van der Waals surface area contributed by atoms with E-state index in [9.17, 15) is 44.8 Å². The molecule has 26 heteroatoms. The van der Waals surface area contributed by atoms with Gasteiger partial charge in [-0.1, -0.05) is 27.7 Å². The molecule has 6 N–H and O–H groups in total. The van der Waals surface area contributed by atoms with Gasteiger partial charge in [-0.05, 0) is 55.4 Å². The van der Waals surface area contributed by atoms with Crippen LogP contribution in [0.2, 0.25) is 0 Å². The Labute approximate surface area is 404 Å². The topological polar surface area (TPSA) is 338 Å². The summed E-state index contributed by atoms with van der Waals surface area (Å²) in [7, 11) is 0. The number of nitrogens with zero attached hydrogens (tertiary/aromatic N) is 8. The van der Waals surface area contributed by atoms with Gasteiger partial charge in [-0.2, -0.15) is 4.98 Å². The second-order valence-corrected chi connectivity index (χ2v) is 18.2. The van der Waals surface area contributed by atoms with E-state index >= 15 is 0 Å². The van der Waals surface area contributed by atoms with Crippen LogP contribution in [0.25, 0.3) is 11.0 Å². The number of nitrogens with one attached hydrogen (secondary N) is 2. The number of H-pyrrole nitrogens is 1. The predicted molar refractivity (Wildman–Crippen MR) is 250 cm³/mol. The second-order valence-electron chi connectivity index (χ2n) is 18.2. The number of hydrogen-bond donors (Lipinski definition) is 6. The number of ether oxygens (including phenoxy) is 4. The molecule has 4 saturated heterocycles. The van der Waals surface area contributed by atoms with Crippen LogP contribution in [0.1, 0.15) is 83.9 Å². The first kappa shape index (κ1) is 52.6. The molecule has 10 heterocycles. The van der Waals surface area contributed by atoms with Crippen molar-refractivity contribution in [2.75, 3.05) is 38.5 Å². The summed E-state index contributed by atoms with van der Waals surface area (Å²) in [6.07, 6.45) is 11.0. The normalized spacial score (nSPS) is 28.7. The Hall–Kier alpha value is -6.23. The van der Waals surface area contributed by atoms with Crippen LogP contribution in [0, 0.1) is 43.9 Å². The summed E-state index contributed by atoms with van der Waals surface area (Å²) in [5.74, 6) is 1.39. The fraction of sp³-hybridized carbons (Fsp3) is 0.578. The van der Waals surface area contributed by atoms with Crippen molar-refractivity contribution >= 4 is 28.2 Å². The number of rotatable bonds is 10. The van der Waals surface area contributed by atoms with Crippen LogP contribution in [0.5, 0.6) is 0 Å². The van der Waals surface area contributed by atoms with Crippen LogP contribution in [0.3, 0.4) is 0 Å². The van der Waals surface area contributed by atoms with Gasteiger partial charge in [0, 0.05) is 61.2 Å². The smallest absolute Gasteiger partial charge is 0.351 e. The van der Waals surface area contributed by atoms with E-state index in [1.54, 1.807) is 33.8 Å². The molecule has 71 heavy (non-hydrogen) atoms. The fourth-order valence-electron chi connectivity index (χ4n) is 9.11. The Morgan fingerprint density at radius 1 is 0.676 bits per heavy atom. The maximum Gasteiger partial charge on any atom is 0.351 e. The minimum atomic E-state index is -0.483. The molecule has 0 radical (unpaired) electrons. The van der Waals surface area contributed by atoms with E-state index in [1.807, 2.05) is 27.7 Å². The van der Waals surface area contributed by atoms with Crippen molar-refractivity contribution in [3.63, 3.8) is 0 Å². The molecule has 0 amide bonds. The molecule has 0 saturated carbocycles. The van der Waals surface area contributed by atoms with E-state index in [4.69, 9.17) is 34.0 Å². The van der Waals surface area contributed by atoms with Crippen molar-refractivity contribution in [1.82, 2.24) is 33.2 Å². The van der Waals surface area contributed by atoms with Gasteiger partial charge in [0.2, 0.25) is 0 Å². The lowest BCUT2D eigenvalue weighted by atomic mass is 10.0. The zero-order valence-corrected chi connectivity index (χ0v) is 39.5. The first-order chi connectivity index (χ1) is 34.0. The Bertz CT molecular complexity index is 2790. The molecular weight excluding hydrogens is 937 g/mol. The minimum absolute atomic E-state index is 0.0129. The molecule has 386 valence electrons. The van der Waals surface area contributed by atoms with Gasteiger partial charge in [-0.15, -0.1) is 0 Å². The first-order valence-corrected chi connectivity index (χ1v) is 23.3. The molecule has 5 aliphatic heterocycles. The number of aliphatic hydroxyl groups excluding tert-OH is 4. The lowest BCUT2D eigenvalue weighted by molar-refractivity contribution is -0.384. The Kier molecular flexibility index (Phi) is 17.3. The Morgan fingerprint density at radius 2 is 1.21 bits per heavy atom. The lowest BCUT2D eigenvalue weighted by Gasteiger charge is -2.20. The molecule has 5 aromatic rings. The maximum atomic E-state index is 12.0. The van der Waals surface area contributed by atoms with E-state index in [-0.39, 0.29) is 110 Å². The van der Waals surface area contributed by atoms with Gasteiger partial charge >= 0.3 is 11.4 Å². The van der Waals surface area contributed by atoms with Gasteiger partial charge in [0.15, 0.2) is 5.82 Å². The second kappa shape index (κ2) is 23.3. The summed E-state index contributed by atoms with van der Waals surface area (Å²) in [5.41, 5.74) is 2.94. The van der Waals surface area contributed by atoms with Crippen LogP contribution in [-0.4, -0.2) is 121 Å². The maximum absolute atomic E-state index is 12.0. The molecule has 5 aliphatic rings. The van der Waals surface area contributed by atoms with Crippen LogP contribution in [0.15, 0.2) is 75.8 Å². The quantitative estimate of drug-likeness (QED) is 0.0865. The molecule has 0 aromatic carbocycles. The largest absolute Gasteiger partial charge is 0.394 e. The molecule has 12 unspecified atom stereocenters. The highest BCUT2D eigenvalue weighted by Gasteiger charge is 2.37. The average Bonchev–Trinajstić information content (AvgIpc) is 4.23. The van der Waals surface area contributed by atoms with Crippen molar-refractivity contribution in [1.29, 1.82) is 0 Å². The van der Waals surface area contributed by atoms with Crippen molar-refractivity contribution in [3.05, 3.63) is 119 Å². The van der Waals surface area contributed by atoms with E-state index in [0.29, 0.717) is 42.7 Å². The Morgan fingerprint density at radius 3 is 1.73 bits per heavy atom. The zero-order valence-electron chi connectivity index (χ0n) is 39.5. The Balaban J connectivity index is 0.000000140. The molecular formula is C45H60N10O16. The molecule has 26 nitrogen and oxygen atoms in total. The van der Waals surface area contributed by atoms with E-state index in [1.165, 1.54) is 45.9 Å². The van der Waals surface area contributed by atoms with Crippen LogP contribution < -0.4 is 22.4 Å². The first-order valence-electron chi connectivity index (χ1n) is 23.3. The highest BCUT2D eigenvalue weighted by molar-refractivity contribution is 5.85. The van der Waals surface area contributed by atoms with Crippen molar-refractivity contribution in [3.8, 4) is 0 Å². The van der Waals surface area contributed by atoms with E-state index in [2.05, 4.69) is 20.4 Å². The summed E-state index contributed by atoms with van der Waals surface area (Å²) in [6, 6.07) is 5.80. The standard InChI is InChI=1S/C13H15N3O4.C12H17N3O4.2C10H14N2O4/c1-8-6-12(20-11(8)7-17)15-5-3-9-10(16(18)19)2-4-14-13(9)15;1-7-4-10(19-9(7)6-16)15-5-8-2-3-18-14-11(8)13-12(15)17;1-7-4-10(16-9(7)6-13)11-3-2-8(5-11)12(14)15;1-6-4-9(16-7(6)5-13)12-3-2-8(14)11-10(12)15/h2-5,8,11-12,17H,6-7H2,1H3;5,7,9-10,16H,2-4,6H2,1H3,(H,13,14,17);2-3,5,7,9-10,13H,4,6H2,1H3;2-3,6-7,9,13H,4-5H2,1H3,(H,11,14,15). The van der Waals surface area contributed by atoms with Crippen LogP contribution in [0.4, 0.5) is 17.2 Å². The van der Waals surface area contributed by atoms with Gasteiger partial charge in [0.05, 0.1) is 78.9 Å². The predicted octanol–water partition coefficient (Wildman–Crippen LogP) is 2.68. The SMILES string of the molecule is CC1CC(n2cc3c(nc2=O)NOCC3)OC1CO.CC1CC(n2ccc(=O)[nH]c2=O)OC1CO.CC1CC(n2ccc([N+](=O)[O-])c2)OC1CO.CC1CC(n2ccc3c([N+](=O)[O-])ccnc32)OC1CO. The number of fused-ring (bicyclic) bond motifs is 2. The van der Waals surface area contributed by atoms with Gasteiger partial charge in [-0.25, -0.2) is 20.1 Å². The minimum Gasteiger partial charge on any atom is -0.394 e. The van der Waals surface area contributed by atoms with Crippen molar-refractivity contribution in [2.24, 2.45) is 23.7 Å². The number of aromatic amines is 1.